The van der Waals surface area contributed by atoms with Crippen LogP contribution in [0.1, 0.15) is 31.4 Å². The van der Waals surface area contributed by atoms with E-state index in [0.717, 1.165) is 25.1 Å². The average molecular weight is 374 g/mol. The summed E-state index contributed by atoms with van der Waals surface area (Å²) < 4.78 is 5.18. The highest BCUT2D eigenvalue weighted by Crippen LogP contribution is 2.27. The Labute approximate surface area is 160 Å². The first-order chi connectivity index (χ1) is 12.6. The van der Waals surface area contributed by atoms with Gasteiger partial charge in [-0.2, -0.15) is 0 Å². The number of quaternary nitrogens is 1. The predicted molar refractivity (Wildman–Crippen MR) is 105 cm³/mol. The number of halogens is 1. The van der Waals surface area contributed by atoms with E-state index in [0.29, 0.717) is 22.4 Å². The van der Waals surface area contributed by atoms with Gasteiger partial charge in [-0.15, -0.1) is 0 Å². The van der Waals surface area contributed by atoms with E-state index < -0.39 is 0 Å². The maximum Gasteiger partial charge on any atom is 0.287 e. The molecule has 138 valence electrons. The van der Waals surface area contributed by atoms with E-state index in [2.05, 4.69) is 12.2 Å². The summed E-state index contributed by atoms with van der Waals surface area (Å²) in [4.78, 5) is 14.5. The Morgan fingerprint density at radius 1 is 1.27 bits per heavy atom. The zero-order valence-electron chi connectivity index (χ0n) is 15.3. The van der Waals surface area contributed by atoms with Gasteiger partial charge in [-0.25, -0.2) is 0 Å². The van der Waals surface area contributed by atoms with Crippen LogP contribution in [0.5, 0.6) is 5.75 Å². The van der Waals surface area contributed by atoms with Crippen LogP contribution in [0.3, 0.4) is 0 Å². The number of ether oxygens (including phenoxy) is 1. The first kappa shape index (κ1) is 18.7. The lowest BCUT2D eigenvalue weighted by Gasteiger charge is -2.33. The highest BCUT2D eigenvalue weighted by molar-refractivity contribution is 6.32. The number of methoxy groups -OCH3 is 1. The topological polar surface area (TPSA) is 42.8 Å². The van der Waals surface area contributed by atoms with Crippen LogP contribution in [-0.4, -0.2) is 26.1 Å². The Kier molecular flexibility index (Phi) is 6.17. The van der Waals surface area contributed by atoms with Gasteiger partial charge in [0.2, 0.25) is 0 Å². The second kappa shape index (κ2) is 8.56. The van der Waals surface area contributed by atoms with Crippen molar-refractivity contribution in [3.63, 3.8) is 0 Å². The van der Waals surface area contributed by atoms with Gasteiger partial charge in [-0.05, 0) is 31.0 Å². The van der Waals surface area contributed by atoms with Crippen LogP contribution in [0.2, 0.25) is 5.02 Å². The van der Waals surface area contributed by atoms with Crippen LogP contribution < -0.4 is 15.0 Å². The summed E-state index contributed by atoms with van der Waals surface area (Å²) in [7, 11) is 1.58. The van der Waals surface area contributed by atoms with Crippen LogP contribution in [0, 0.1) is 5.92 Å². The average Bonchev–Trinajstić information content (AvgIpc) is 2.63. The van der Waals surface area contributed by atoms with Gasteiger partial charge in [0.1, 0.15) is 5.75 Å². The summed E-state index contributed by atoms with van der Waals surface area (Å²) in [5, 5.41) is 3.53. The van der Waals surface area contributed by atoms with E-state index in [1.807, 2.05) is 36.4 Å². The molecule has 0 radical (unpaired) electrons. The Morgan fingerprint density at radius 3 is 2.69 bits per heavy atom. The quantitative estimate of drug-likeness (QED) is 0.844. The number of amides is 1. The fourth-order valence-electron chi connectivity index (χ4n) is 3.77. The third-order valence-electron chi connectivity index (χ3n) is 5.03. The molecule has 1 amide bonds. The first-order valence-corrected chi connectivity index (χ1v) is 9.50. The van der Waals surface area contributed by atoms with Crippen molar-refractivity contribution >= 4 is 23.2 Å². The van der Waals surface area contributed by atoms with Crippen molar-refractivity contribution in [3.05, 3.63) is 59.1 Å². The molecule has 0 saturated carbocycles. The van der Waals surface area contributed by atoms with Crippen molar-refractivity contribution in [1.29, 1.82) is 0 Å². The number of carbonyl (C=O) groups is 1. The van der Waals surface area contributed by atoms with Crippen LogP contribution in [0.4, 0.5) is 5.69 Å². The molecule has 4 nitrogen and oxygen atoms in total. The molecular weight excluding hydrogens is 348 g/mol. The normalized spacial score (nSPS) is 21.0. The smallest absolute Gasteiger partial charge is 0.287 e. The van der Waals surface area contributed by atoms with Gasteiger partial charge >= 0.3 is 0 Å². The Morgan fingerprint density at radius 2 is 2.04 bits per heavy atom. The van der Waals surface area contributed by atoms with Crippen molar-refractivity contribution in [1.82, 2.24) is 0 Å². The third kappa shape index (κ3) is 4.37. The van der Waals surface area contributed by atoms with Crippen molar-refractivity contribution in [2.45, 2.75) is 25.8 Å². The summed E-state index contributed by atoms with van der Waals surface area (Å²) in [6.45, 7) is 4.29. The molecule has 2 aromatic rings. The molecule has 1 heterocycles. The van der Waals surface area contributed by atoms with E-state index >= 15 is 0 Å². The lowest BCUT2D eigenvalue weighted by molar-refractivity contribution is -0.929. The standard InChI is InChI=1S/C21H25ClN2O2/c1-15-7-6-12-24(14-15)20(16-8-4-3-5-9-16)21(25)23-17-10-11-19(26-2)18(22)13-17/h3-5,8-11,13,15,20H,6-7,12,14H2,1-2H3,(H,23,25)/p+1/t15-,20-/m1/s1. The van der Waals surface area contributed by atoms with E-state index in [1.165, 1.54) is 11.3 Å². The molecular formula is C21H26ClN2O2+. The van der Waals surface area contributed by atoms with Crippen molar-refractivity contribution in [3.8, 4) is 5.75 Å². The second-order valence-electron chi connectivity index (χ2n) is 7.04. The molecule has 0 aliphatic carbocycles. The van der Waals surface area contributed by atoms with Gasteiger partial charge in [0, 0.05) is 17.2 Å². The fourth-order valence-corrected chi connectivity index (χ4v) is 4.03. The number of hydrogen-bond acceptors (Lipinski definition) is 2. The van der Waals surface area contributed by atoms with Crippen molar-refractivity contribution in [2.24, 2.45) is 5.92 Å². The molecule has 3 atom stereocenters. The zero-order chi connectivity index (χ0) is 18.5. The number of benzene rings is 2. The minimum absolute atomic E-state index is 0.00142. The van der Waals surface area contributed by atoms with Crippen LogP contribution in [-0.2, 0) is 4.79 Å². The van der Waals surface area contributed by atoms with Gasteiger partial charge in [-0.1, -0.05) is 48.9 Å². The summed E-state index contributed by atoms with van der Waals surface area (Å²) >= 11 is 6.20. The van der Waals surface area contributed by atoms with Crippen LogP contribution in [0.25, 0.3) is 0 Å². The molecule has 1 fully saturated rings. The lowest BCUT2D eigenvalue weighted by Crippen LogP contribution is -3.14. The molecule has 5 heteroatoms. The molecule has 3 rings (SSSR count). The van der Waals surface area contributed by atoms with Gasteiger partial charge in [0.25, 0.3) is 5.91 Å². The van der Waals surface area contributed by atoms with E-state index in [9.17, 15) is 4.79 Å². The van der Waals surface area contributed by atoms with E-state index in [4.69, 9.17) is 16.3 Å². The van der Waals surface area contributed by atoms with Gasteiger partial charge < -0.3 is 15.0 Å². The van der Waals surface area contributed by atoms with Crippen molar-refractivity contribution in [2.75, 3.05) is 25.5 Å². The van der Waals surface area contributed by atoms with Gasteiger partial charge in [0.05, 0.1) is 25.2 Å². The third-order valence-corrected chi connectivity index (χ3v) is 5.32. The number of likely N-dealkylation sites (tertiary alicyclic amines) is 1. The number of nitrogens with one attached hydrogen (secondary N) is 2. The molecule has 26 heavy (non-hydrogen) atoms. The van der Waals surface area contributed by atoms with E-state index in [-0.39, 0.29) is 11.9 Å². The van der Waals surface area contributed by atoms with Gasteiger partial charge in [-0.3, -0.25) is 4.79 Å². The fraction of sp³-hybridized carbons (Fsp3) is 0.381. The molecule has 1 aliphatic rings. The maximum absolute atomic E-state index is 13.2. The number of carbonyl (C=O) groups excluding carboxylic acids is 1. The molecule has 1 aliphatic heterocycles. The molecule has 2 aromatic carbocycles. The maximum atomic E-state index is 13.2. The summed E-state index contributed by atoms with van der Waals surface area (Å²) in [6, 6.07) is 15.1. The van der Waals surface area contributed by atoms with Crippen molar-refractivity contribution < 1.29 is 14.4 Å². The van der Waals surface area contributed by atoms with Crippen LogP contribution >= 0.6 is 11.6 Å². The highest BCUT2D eigenvalue weighted by atomic mass is 35.5. The number of anilines is 1. The Hall–Kier alpha value is -2.04. The number of piperidine rings is 1. The Balaban J connectivity index is 1.84. The highest BCUT2D eigenvalue weighted by Gasteiger charge is 2.34. The molecule has 0 aromatic heterocycles. The largest absolute Gasteiger partial charge is 0.495 e. The molecule has 1 saturated heterocycles. The monoisotopic (exact) mass is 373 g/mol. The lowest BCUT2D eigenvalue weighted by atomic mass is 9.95. The number of hydrogen-bond donors (Lipinski definition) is 2. The Bertz CT molecular complexity index is 751. The van der Waals surface area contributed by atoms with E-state index in [1.54, 1.807) is 19.2 Å². The minimum Gasteiger partial charge on any atom is -0.495 e. The van der Waals surface area contributed by atoms with Crippen LogP contribution in [0.15, 0.2) is 48.5 Å². The second-order valence-corrected chi connectivity index (χ2v) is 7.45. The number of rotatable bonds is 5. The summed E-state index contributed by atoms with van der Waals surface area (Å²) in [6.07, 6.45) is 2.39. The first-order valence-electron chi connectivity index (χ1n) is 9.12. The SMILES string of the molecule is COc1ccc(NC(=O)[C@@H](c2ccccc2)[NH+]2CCC[C@@H](C)C2)cc1Cl. The summed E-state index contributed by atoms with van der Waals surface area (Å²) in [5.74, 6) is 1.23. The predicted octanol–water partition coefficient (Wildman–Crippen LogP) is 3.34. The summed E-state index contributed by atoms with van der Waals surface area (Å²) in [5.41, 5.74) is 1.74. The molecule has 0 spiro atoms. The molecule has 2 N–H and O–H groups in total. The molecule has 0 bridgehead atoms. The minimum atomic E-state index is -0.222. The zero-order valence-corrected chi connectivity index (χ0v) is 16.1. The molecule has 1 unspecified atom stereocenters. The van der Waals surface area contributed by atoms with Gasteiger partial charge in [0.15, 0.2) is 6.04 Å².